The minimum Gasteiger partial charge on any atom is -0.356 e. The van der Waals surface area contributed by atoms with Crippen LogP contribution >= 0.6 is 12.4 Å². The van der Waals surface area contributed by atoms with Gasteiger partial charge in [-0.15, -0.1) is 12.4 Å². The monoisotopic (exact) mass is 276 g/mol. The van der Waals surface area contributed by atoms with E-state index in [1.165, 1.54) is 12.8 Å². The van der Waals surface area contributed by atoms with Crippen molar-refractivity contribution in [3.63, 3.8) is 0 Å². The Labute approximate surface area is 118 Å². The normalized spacial score (nSPS) is 27.7. The van der Waals surface area contributed by atoms with Crippen LogP contribution in [0.2, 0.25) is 0 Å². The van der Waals surface area contributed by atoms with Crippen molar-refractivity contribution < 1.29 is 4.79 Å². The fourth-order valence-electron chi connectivity index (χ4n) is 2.95. The fourth-order valence-corrected chi connectivity index (χ4v) is 2.95. The largest absolute Gasteiger partial charge is 0.356 e. The number of nitrogens with two attached hydrogens (primary N) is 1. The van der Waals surface area contributed by atoms with Crippen molar-refractivity contribution in [3.8, 4) is 0 Å². The number of carbonyl (C=O) groups excluding carboxylic acids is 1. The maximum Gasteiger partial charge on any atom is 0.223 e. The van der Waals surface area contributed by atoms with Gasteiger partial charge in [0.15, 0.2) is 0 Å². The molecule has 1 aliphatic carbocycles. The van der Waals surface area contributed by atoms with Crippen molar-refractivity contribution in [2.75, 3.05) is 13.1 Å². The zero-order valence-electron chi connectivity index (χ0n) is 11.9. The summed E-state index contributed by atoms with van der Waals surface area (Å²) >= 11 is 0. The first-order valence-corrected chi connectivity index (χ1v) is 7.04. The highest BCUT2D eigenvalue weighted by Crippen LogP contribution is 2.37. The molecule has 1 fully saturated rings. The van der Waals surface area contributed by atoms with Crippen LogP contribution < -0.4 is 11.1 Å². The van der Waals surface area contributed by atoms with E-state index >= 15 is 0 Å². The first-order valence-electron chi connectivity index (χ1n) is 7.04. The number of hydrogen-bond donors (Lipinski definition) is 2. The first kappa shape index (κ1) is 17.7. The molecule has 1 amide bonds. The van der Waals surface area contributed by atoms with E-state index in [1.807, 2.05) is 0 Å². The molecule has 0 spiro atoms. The van der Waals surface area contributed by atoms with E-state index in [4.69, 9.17) is 5.73 Å². The molecule has 3 N–H and O–H groups in total. The molecule has 3 atom stereocenters. The van der Waals surface area contributed by atoms with Crippen LogP contribution in [0.4, 0.5) is 0 Å². The average Bonchev–Trinajstić information content (AvgIpc) is 2.28. The Kier molecular flexibility index (Phi) is 8.62. The maximum absolute atomic E-state index is 12.2. The molecule has 108 valence electrons. The lowest BCUT2D eigenvalue weighted by molar-refractivity contribution is -0.129. The topological polar surface area (TPSA) is 55.1 Å². The van der Waals surface area contributed by atoms with Gasteiger partial charge in [0.2, 0.25) is 5.91 Å². The highest BCUT2D eigenvalue weighted by atomic mass is 35.5. The quantitative estimate of drug-likeness (QED) is 0.759. The Hall–Kier alpha value is -0.280. The Morgan fingerprint density at radius 3 is 2.61 bits per heavy atom. The third kappa shape index (κ3) is 5.15. The van der Waals surface area contributed by atoms with Crippen LogP contribution in [0, 0.1) is 23.7 Å². The number of amides is 1. The highest BCUT2D eigenvalue weighted by molar-refractivity contribution is 5.85. The lowest BCUT2D eigenvalue weighted by atomic mass is 9.70. The van der Waals surface area contributed by atoms with Crippen LogP contribution in [0.1, 0.15) is 46.5 Å². The molecule has 0 aliphatic heterocycles. The molecule has 3 unspecified atom stereocenters. The summed E-state index contributed by atoms with van der Waals surface area (Å²) in [5.41, 5.74) is 5.44. The number of hydrogen-bond acceptors (Lipinski definition) is 2. The molecule has 0 heterocycles. The van der Waals surface area contributed by atoms with Crippen LogP contribution in [-0.4, -0.2) is 19.0 Å². The summed E-state index contributed by atoms with van der Waals surface area (Å²) in [7, 11) is 0. The summed E-state index contributed by atoms with van der Waals surface area (Å²) in [5.74, 6) is 2.33. The molecule has 4 heteroatoms. The number of rotatable bonds is 5. The molecule has 0 aromatic carbocycles. The second-order valence-electron chi connectivity index (χ2n) is 5.87. The van der Waals surface area contributed by atoms with Gasteiger partial charge in [0.25, 0.3) is 0 Å². The highest BCUT2D eigenvalue weighted by Gasteiger charge is 2.34. The second-order valence-corrected chi connectivity index (χ2v) is 5.87. The minimum absolute atomic E-state index is 0. The van der Waals surface area contributed by atoms with Crippen LogP contribution in [-0.2, 0) is 4.79 Å². The lowest BCUT2D eigenvalue weighted by Crippen LogP contribution is -2.40. The van der Waals surface area contributed by atoms with Gasteiger partial charge in [-0.25, -0.2) is 0 Å². The van der Waals surface area contributed by atoms with E-state index in [2.05, 4.69) is 26.1 Å². The summed E-state index contributed by atoms with van der Waals surface area (Å²) < 4.78 is 0. The van der Waals surface area contributed by atoms with Gasteiger partial charge in [0, 0.05) is 12.5 Å². The van der Waals surface area contributed by atoms with Gasteiger partial charge in [0.1, 0.15) is 0 Å². The van der Waals surface area contributed by atoms with Gasteiger partial charge >= 0.3 is 0 Å². The zero-order chi connectivity index (χ0) is 12.8. The third-order valence-electron chi connectivity index (χ3n) is 4.04. The van der Waals surface area contributed by atoms with E-state index in [-0.39, 0.29) is 24.2 Å². The molecule has 0 saturated heterocycles. The smallest absolute Gasteiger partial charge is 0.223 e. The summed E-state index contributed by atoms with van der Waals surface area (Å²) in [4.78, 5) is 12.2. The fraction of sp³-hybridized carbons (Fsp3) is 0.929. The van der Waals surface area contributed by atoms with Gasteiger partial charge in [-0.2, -0.15) is 0 Å². The van der Waals surface area contributed by atoms with E-state index < -0.39 is 0 Å². The molecule has 18 heavy (non-hydrogen) atoms. The molecule has 0 aromatic heterocycles. The number of nitrogens with one attached hydrogen (secondary N) is 1. The first-order chi connectivity index (χ1) is 8.06. The summed E-state index contributed by atoms with van der Waals surface area (Å²) in [6, 6.07) is 0. The zero-order valence-corrected chi connectivity index (χ0v) is 12.8. The molecule has 3 nitrogen and oxygen atoms in total. The van der Waals surface area contributed by atoms with Gasteiger partial charge in [0.05, 0.1) is 0 Å². The lowest BCUT2D eigenvalue weighted by Gasteiger charge is -2.36. The molecule has 1 saturated carbocycles. The summed E-state index contributed by atoms with van der Waals surface area (Å²) in [5, 5.41) is 3.04. The SMILES string of the molecule is CC1CCC(C(C)C)C(C(=O)NCCCN)C1.Cl. The van der Waals surface area contributed by atoms with E-state index in [0.29, 0.717) is 24.3 Å². The summed E-state index contributed by atoms with van der Waals surface area (Å²) in [6.07, 6.45) is 4.40. The van der Waals surface area contributed by atoms with E-state index in [0.717, 1.165) is 19.4 Å². The van der Waals surface area contributed by atoms with Crippen LogP contribution in [0.3, 0.4) is 0 Å². The maximum atomic E-state index is 12.2. The van der Waals surface area contributed by atoms with Gasteiger partial charge in [-0.3, -0.25) is 4.79 Å². The Morgan fingerprint density at radius 2 is 2.06 bits per heavy atom. The molecule has 0 aromatic rings. The van der Waals surface area contributed by atoms with Crippen LogP contribution in [0.15, 0.2) is 0 Å². The second kappa shape index (κ2) is 8.76. The van der Waals surface area contributed by atoms with E-state index in [1.54, 1.807) is 0 Å². The van der Waals surface area contributed by atoms with Gasteiger partial charge in [-0.1, -0.05) is 27.2 Å². The Balaban J connectivity index is 0.00000289. The van der Waals surface area contributed by atoms with Crippen LogP contribution in [0.25, 0.3) is 0 Å². The predicted molar refractivity (Wildman–Crippen MR) is 78.8 cm³/mol. The van der Waals surface area contributed by atoms with Gasteiger partial charge in [-0.05, 0) is 43.6 Å². The number of halogens is 1. The Bertz CT molecular complexity index is 246. The Morgan fingerprint density at radius 1 is 1.39 bits per heavy atom. The average molecular weight is 277 g/mol. The number of carbonyl (C=O) groups is 1. The summed E-state index contributed by atoms with van der Waals surface area (Å²) in [6.45, 7) is 8.11. The van der Waals surface area contributed by atoms with Crippen molar-refractivity contribution >= 4 is 18.3 Å². The van der Waals surface area contributed by atoms with Crippen molar-refractivity contribution in [1.29, 1.82) is 0 Å². The molecular weight excluding hydrogens is 248 g/mol. The molecule has 0 radical (unpaired) electrons. The molecular formula is C14H29ClN2O. The van der Waals surface area contributed by atoms with E-state index in [9.17, 15) is 4.79 Å². The van der Waals surface area contributed by atoms with Crippen LogP contribution in [0.5, 0.6) is 0 Å². The molecule has 1 aliphatic rings. The van der Waals surface area contributed by atoms with Crippen molar-refractivity contribution in [2.24, 2.45) is 29.4 Å². The third-order valence-corrected chi connectivity index (χ3v) is 4.04. The minimum atomic E-state index is 0. The molecule has 1 rings (SSSR count). The van der Waals surface area contributed by atoms with Crippen molar-refractivity contribution in [1.82, 2.24) is 5.32 Å². The van der Waals surface area contributed by atoms with Gasteiger partial charge < -0.3 is 11.1 Å². The standard InChI is InChI=1S/C14H28N2O.ClH/c1-10(2)12-6-5-11(3)9-13(12)14(17)16-8-4-7-15;/h10-13H,4-9,15H2,1-3H3,(H,16,17);1H. The van der Waals surface area contributed by atoms with Crippen molar-refractivity contribution in [2.45, 2.75) is 46.5 Å². The van der Waals surface area contributed by atoms with Crippen molar-refractivity contribution in [3.05, 3.63) is 0 Å². The molecule has 0 bridgehead atoms. The predicted octanol–water partition coefficient (Wildman–Crippen LogP) is 2.58.